The van der Waals surface area contributed by atoms with Crippen LogP contribution in [0.3, 0.4) is 0 Å². The molecule has 1 N–H and O–H groups in total. The standard InChI is InChI=1S/C30H26N2O4/c1-3-28(33)36-27-17-16-26(20-11-5-4-10-19(20)2)31-29(27)32-30(34)35-18-25-23-14-8-6-12-21(23)22-13-7-9-15-24(22)25/h4-17,25H,3,18H2,1-2H3,(H,31,32,34). The Kier molecular flexibility index (Phi) is 6.50. The smallest absolute Gasteiger partial charge is 0.412 e. The van der Waals surface area contributed by atoms with E-state index in [1.165, 1.54) is 0 Å². The fourth-order valence-electron chi connectivity index (χ4n) is 4.55. The fraction of sp³-hybridized carbons (Fsp3) is 0.167. The average molecular weight is 479 g/mol. The number of esters is 1. The van der Waals surface area contributed by atoms with Gasteiger partial charge in [-0.05, 0) is 46.9 Å². The normalized spacial score (nSPS) is 11.9. The molecule has 0 radical (unpaired) electrons. The summed E-state index contributed by atoms with van der Waals surface area (Å²) in [6, 6.07) is 27.5. The van der Waals surface area contributed by atoms with Crippen LogP contribution < -0.4 is 10.1 Å². The number of benzene rings is 3. The highest BCUT2D eigenvalue weighted by molar-refractivity contribution is 5.87. The molecular weight excluding hydrogens is 452 g/mol. The number of anilines is 1. The largest absolute Gasteiger partial charge is 0.448 e. The van der Waals surface area contributed by atoms with Crippen molar-refractivity contribution in [1.29, 1.82) is 0 Å². The van der Waals surface area contributed by atoms with Crippen LogP contribution in [0.4, 0.5) is 10.6 Å². The van der Waals surface area contributed by atoms with Gasteiger partial charge in [0.15, 0.2) is 11.6 Å². The van der Waals surface area contributed by atoms with E-state index in [-0.39, 0.29) is 30.5 Å². The Hall–Kier alpha value is -4.45. The van der Waals surface area contributed by atoms with E-state index in [1.54, 1.807) is 19.1 Å². The van der Waals surface area contributed by atoms with Gasteiger partial charge in [0.05, 0.1) is 5.69 Å². The predicted molar refractivity (Wildman–Crippen MR) is 139 cm³/mol. The number of hydrogen-bond donors (Lipinski definition) is 1. The summed E-state index contributed by atoms with van der Waals surface area (Å²) in [6.45, 7) is 3.86. The van der Waals surface area contributed by atoms with E-state index in [2.05, 4.69) is 34.6 Å². The topological polar surface area (TPSA) is 77.5 Å². The summed E-state index contributed by atoms with van der Waals surface area (Å²) in [7, 11) is 0. The summed E-state index contributed by atoms with van der Waals surface area (Å²) in [5.41, 5.74) is 7.18. The molecule has 4 aromatic rings. The van der Waals surface area contributed by atoms with Crippen molar-refractivity contribution in [2.45, 2.75) is 26.2 Å². The van der Waals surface area contributed by atoms with Crippen molar-refractivity contribution < 1.29 is 19.1 Å². The number of fused-ring (bicyclic) bond motifs is 3. The Labute approximate surface area is 209 Å². The third kappa shape index (κ3) is 4.58. The Morgan fingerprint density at radius 2 is 1.44 bits per heavy atom. The summed E-state index contributed by atoms with van der Waals surface area (Å²) in [4.78, 5) is 29.5. The van der Waals surface area contributed by atoms with Crippen LogP contribution in [0, 0.1) is 6.92 Å². The first kappa shape index (κ1) is 23.3. The third-order valence-electron chi connectivity index (χ3n) is 6.36. The fourth-order valence-corrected chi connectivity index (χ4v) is 4.55. The Morgan fingerprint density at radius 1 is 0.833 bits per heavy atom. The SMILES string of the molecule is CCC(=O)Oc1ccc(-c2ccccc2C)nc1NC(=O)OCC1c2ccccc2-c2ccccc21. The third-order valence-corrected chi connectivity index (χ3v) is 6.36. The van der Waals surface area contributed by atoms with Gasteiger partial charge in [-0.1, -0.05) is 79.7 Å². The quantitative estimate of drug-likeness (QED) is 0.311. The second-order valence-electron chi connectivity index (χ2n) is 8.64. The maximum atomic E-state index is 12.9. The van der Waals surface area contributed by atoms with Crippen LogP contribution >= 0.6 is 0 Å². The number of nitrogens with zero attached hydrogens (tertiary/aromatic N) is 1. The van der Waals surface area contributed by atoms with E-state index in [0.29, 0.717) is 5.69 Å². The summed E-state index contributed by atoms with van der Waals surface area (Å²) in [5, 5.41) is 2.69. The molecule has 0 bridgehead atoms. The summed E-state index contributed by atoms with van der Waals surface area (Å²) >= 11 is 0. The van der Waals surface area contributed by atoms with E-state index in [0.717, 1.165) is 33.4 Å². The molecule has 0 saturated heterocycles. The molecule has 0 spiro atoms. The highest BCUT2D eigenvalue weighted by Crippen LogP contribution is 2.44. The number of aromatic nitrogens is 1. The molecule has 1 aliphatic rings. The maximum absolute atomic E-state index is 12.9. The minimum absolute atomic E-state index is 0.0631. The lowest BCUT2D eigenvalue weighted by Gasteiger charge is -2.16. The first-order valence-corrected chi connectivity index (χ1v) is 11.9. The van der Waals surface area contributed by atoms with E-state index in [1.807, 2.05) is 55.5 Å². The lowest BCUT2D eigenvalue weighted by molar-refractivity contribution is -0.134. The number of nitrogens with one attached hydrogen (secondary N) is 1. The van der Waals surface area contributed by atoms with Crippen LogP contribution in [0.1, 0.15) is 36.0 Å². The molecule has 1 aromatic heterocycles. The van der Waals surface area contributed by atoms with Crippen LogP contribution in [0.2, 0.25) is 0 Å². The molecular formula is C30H26N2O4. The summed E-state index contributed by atoms with van der Waals surface area (Å²) in [5.74, 6) is -0.176. The lowest BCUT2D eigenvalue weighted by atomic mass is 9.98. The number of ether oxygens (including phenoxy) is 2. The second-order valence-corrected chi connectivity index (χ2v) is 8.64. The summed E-state index contributed by atoms with van der Waals surface area (Å²) in [6.07, 6.45) is -0.468. The molecule has 0 fully saturated rings. The number of rotatable bonds is 6. The van der Waals surface area contributed by atoms with Gasteiger partial charge in [0.2, 0.25) is 0 Å². The first-order valence-electron chi connectivity index (χ1n) is 11.9. The van der Waals surface area contributed by atoms with Gasteiger partial charge in [0, 0.05) is 17.9 Å². The maximum Gasteiger partial charge on any atom is 0.412 e. The number of carbonyl (C=O) groups excluding carboxylic acids is 2. The van der Waals surface area contributed by atoms with Gasteiger partial charge < -0.3 is 9.47 Å². The zero-order valence-electron chi connectivity index (χ0n) is 20.2. The van der Waals surface area contributed by atoms with Crippen molar-refractivity contribution in [2.24, 2.45) is 0 Å². The molecule has 6 nitrogen and oxygen atoms in total. The van der Waals surface area contributed by atoms with Crippen LogP contribution in [0.25, 0.3) is 22.4 Å². The van der Waals surface area contributed by atoms with Gasteiger partial charge in [-0.15, -0.1) is 0 Å². The molecule has 1 amide bonds. The zero-order valence-corrected chi connectivity index (χ0v) is 20.2. The number of amides is 1. The molecule has 0 unspecified atom stereocenters. The van der Waals surface area contributed by atoms with Crippen molar-refractivity contribution in [3.8, 4) is 28.1 Å². The number of pyridine rings is 1. The summed E-state index contributed by atoms with van der Waals surface area (Å²) < 4.78 is 11.1. The van der Waals surface area contributed by atoms with Crippen molar-refractivity contribution in [3.63, 3.8) is 0 Å². The lowest BCUT2D eigenvalue weighted by Crippen LogP contribution is -2.19. The molecule has 0 aliphatic heterocycles. The average Bonchev–Trinajstić information content (AvgIpc) is 3.22. The number of carbonyl (C=O) groups is 2. The van der Waals surface area contributed by atoms with Crippen LogP contribution in [0.5, 0.6) is 5.75 Å². The van der Waals surface area contributed by atoms with Crippen molar-refractivity contribution >= 4 is 17.9 Å². The van der Waals surface area contributed by atoms with Gasteiger partial charge in [-0.3, -0.25) is 10.1 Å². The molecule has 5 rings (SSSR count). The van der Waals surface area contributed by atoms with E-state index in [9.17, 15) is 9.59 Å². The second kappa shape index (κ2) is 10.0. The number of hydrogen-bond acceptors (Lipinski definition) is 5. The highest BCUT2D eigenvalue weighted by Gasteiger charge is 2.29. The minimum Gasteiger partial charge on any atom is -0.448 e. The van der Waals surface area contributed by atoms with Crippen molar-refractivity contribution in [2.75, 3.05) is 11.9 Å². The van der Waals surface area contributed by atoms with Gasteiger partial charge in [0.25, 0.3) is 0 Å². The monoisotopic (exact) mass is 478 g/mol. The first-order chi connectivity index (χ1) is 17.5. The Bertz CT molecular complexity index is 1400. The van der Waals surface area contributed by atoms with E-state index >= 15 is 0 Å². The Balaban J connectivity index is 1.38. The van der Waals surface area contributed by atoms with Gasteiger partial charge in [-0.2, -0.15) is 0 Å². The van der Waals surface area contributed by atoms with Crippen molar-refractivity contribution in [1.82, 2.24) is 4.98 Å². The number of aryl methyl sites for hydroxylation is 1. The molecule has 0 atom stereocenters. The van der Waals surface area contributed by atoms with E-state index < -0.39 is 12.1 Å². The van der Waals surface area contributed by atoms with Crippen molar-refractivity contribution in [3.05, 3.63) is 102 Å². The van der Waals surface area contributed by atoms with Crippen LogP contribution in [0.15, 0.2) is 84.9 Å². The molecule has 1 aliphatic carbocycles. The van der Waals surface area contributed by atoms with Gasteiger partial charge in [-0.25, -0.2) is 9.78 Å². The molecule has 1 heterocycles. The van der Waals surface area contributed by atoms with Gasteiger partial charge in [0.1, 0.15) is 6.61 Å². The predicted octanol–water partition coefficient (Wildman–Crippen LogP) is 6.73. The van der Waals surface area contributed by atoms with Crippen LogP contribution in [-0.4, -0.2) is 23.7 Å². The minimum atomic E-state index is -0.667. The van der Waals surface area contributed by atoms with Crippen LogP contribution in [-0.2, 0) is 9.53 Å². The highest BCUT2D eigenvalue weighted by atomic mass is 16.6. The van der Waals surface area contributed by atoms with E-state index in [4.69, 9.17) is 9.47 Å². The molecule has 3 aromatic carbocycles. The molecule has 6 heteroatoms. The zero-order chi connectivity index (χ0) is 25.1. The molecule has 0 saturated carbocycles. The molecule has 180 valence electrons. The van der Waals surface area contributed by atoms with Gasteiger partial charge >= 0.3 is 12.1 Å². The Morgan fingerprint density at radius 3 is 2.08 bits per heavy atom. The molecule has 36 heavy (non-hydrogen) atoms.